The van der Waals surface area contributed by atoms with Gasteiger partial charge in [-0.3, -0.25) is 0 Å². The molecule has 1 nitrogen and oxygen atoms in total. The summed E-state index contributed by atoms with van der Waals surface area (Å²) >= 11 is 0. The van der Waals surface area contributed by atoms with Gasteiger partial charge in [0, 0.05) is 21.5 Å². The first kappa shape index (κ1) is 22.0. The fourth-order valence-corrected chi connectivity index (χ4v) is 7.07. The number of fused-ring (bicyclic) bond motifs is 8. The molecule has 0 amide bonds. The van der Waals surface area contributed by atoms with Crippen molar-refractivity contribution >= 4 is 54.9 Å². The first-order valence-corrected chi connectivity index (χ1v) is 14.2. The SMILES string of the molecule is Cc1cc(-c2ccccc2)cc(-c2cc3c4cc5c(cc4n4c6cc7ccccc7cc6c(c2)c34)CCC=C5)c1. The van der Waals surface area contributed by atoms with E-state index in [9.17, 15) is 0 Å². The van der Waals surface area contributed by atoms with Gasteiger partial charge >= 0.3 is 0 Å². The van der Waals surface area contributed by atoms with Crippen LogP contribution >= 0.6 is 0 Å². The number of nitrogens with zero attached hydrogens (tertiary/aromatic N) is 1. The van der Waals surface area contributed by atoms with Crippen LogP contribution in [0.3, 0.4) is 0 Å². The van der Waals surface area contributed by atoms with Gasteiger partial charge in [-0.25, -0.2) is 0 Å². The molecule has 0 saturated carbocycles. The van der Waals surface area contributed by atoms with Crippen LogP contribution in [0.25, 0.3) is 77.2 Å². The number of aromatic nitrogens is 1. The van der Waals surface area contributed by atoms with Crippen LogP contribution in [0.2, 0.25) is 0 Å². The Kier molecular flexibility index (Phi) is 4.43. The number of allylic oxidation sites excluding steroid dienone is 1. The third-order valence-corrected chi connectivity index (χ3v) is 8.91. The summed E-state index contributed by atoms with van der Waals surface area (Å²) in [7, 11) is 0. The molecule has 0 bridgehead atoms. The molecule has 2 heterocycles. The zero-order valence-corrected chi connectivity index (χ0v) is 22.4. The van der Waals surface area contributed by atoms with Crippen LogP contribution in [0, 0.1) is 6.92 Å². The minimum atomic E-state index is 1.11. The lowest BCUT2D eigenvalue weighted by Gasteiger charge is -2.11. The quantitative estimate of drug-likeness (QED) is 0.218. The summed E-state index contributed by atoms with van der Waals surface area (Å²) in [6, 6.07) is 41.0. The van der Waals surface area contributed by atoms with Crippen molar-refractivity contribution in [2.75, 3.05) is 0 Å². The maximum absolute atomic E-state index is 2.54. The van der Waals surface area contributed by atoms with E-state index in [1.165, 1.54) is 87.8 Å². The lowest BCUT2D eigenvalue weighted by molar-refractivity contribution is 0.988. The number of benzene rings is 6. The predicted molar refractivity (Wildman–Crippen MR) is 172 cm³/mol. The minimum absolute atomic E-state index is 1.11. The first-order valence-electron chi connectivity index (χ1n) is 14.2. The molecule has 0 aliphatic heterocycles. The third kappa shape index (κ3) is 3.09. The second kappa shape index (κ2) is 8.07. The highest BCUT2D eigenvalue weighted by Gasteiger charge is 2.21. The summed E-state index contributed by atoms with van der Waals surface area (Å²) in [6.45, 7) is 2.21. The minimum Gasteiger partial charge on any atom is -0.308 e. The van der Waals surface area contributed by atoms with E-state index in [2.05, 4.69) is 133 Å². The van der Waals surface area contributed by atoms with E-state index in [1.54, 1.807) is 0 Å². The molecule has 0 radical (unpaired) electrons. The molecule has 1 aliphatic rings. The highest BCUT2D eigenvalue weighted by atomic mass is 14.9. The Balaban J connectivity index is 1.42. The fourth-order valence-electron chi connectivity index (χ4n) is 7.07. The van der Waals surface area contributed by atoms with Crippen LogP contribution in [0.5, 0.6) is 0 Å². The zero-order valence-electron chi connectivity index (χ0n) is 22.4. The van der Waals surface area contributed by atoms with Crippen molar-refractivity contribution in [1.82, 2.24) is 4.40 Å². The molecule has 0 fully saturated rings. The Morgan fingerprint density at radius 2 is 1.20 bits per heavy atom. The molecule has 1 heteroatoms. The normalized spacial score (nSPS) is 13.3. The van der Waals surface area contributed by atoms with Crippen molar-refractivity contribution < 1.29 is 0 Å². The van der Waals surface area contributed by atoms with Crippen molar-refractivity contribution in [3.8, 4) is 22.3 Å². The van der Waals surface area contributed by atoms with E-state index in [1.807, 2.05) is 0 Å². The maximum atomic E-state index is 2.54. The van der Waals surface area contributed by atoms with Gasteiger partial charge in [0.15, 0.2) is 0 Å². The van der Waals surface area contributed by atoms with Gasteiger partial charge in [-0.15, -0.1) is 0 Å². The Hall–Kier alpha value is -4.88. The van der Waals surface area contributed by atoms with E-state index in [0.717, 1.165) is 12.8 Å². The molecule has 9 rings (SSSR count). The summed E-state index contributed by atoms with van der Waals surface area (Å²) < 4.78 is 2.54. The highest BCUT2D eigenvalue weighted by molar-refractivity contribution is 6.26. The van der Waals surface area contributed by atoms with E-state index in [-0.39, 0.29) is 0 Å². The maximum Gasteiger partial charge on any atom is 0.0620 e. The summed E-state index contributed by atoms with van der Waals surface area (Å²) in [6.07, 6.45) is 6.85. The molecule has 1 aliphatic carbocycles. The smallest absolute Gasteiger partial charge is 0.0620 e. The fraction of sp³-hybridized carbons (Fsp3) is 0.0769. The van der Waals surface area contributed by atoms with Gasteiger partial charge in [-0.2, -0.15) is 0 Å². The van der Waals surface area contributed by atoms with Crippen LogP contribution in [-0.4, -0.2) is 4.40 Å². The molecule has 8 aromatic rings. The number of rotatable bonds is 2. The van der Waals surface area contributed by atoms with Crippen molar-refractivity contribution in [2.24, 2.45) is 0 Å². The van der Waals surface area contributed by atoms with E-state index < -0.39 is 0 Å². The molecule has 188 valence electrons. The van der Waals surface area contributed by atoms with Gasteiger partial charge < -0.3 is 4.40 Å². The van der Waals surface area contributed by atoms with E-state index in [4.69, 9.17) is 0 Å². The van der Waals surface area contributed by atoms with Gasteiger partial charge in [0.1, 0.15) is 0 Å². The molecule has 0 atom stereocenters. The van der Waals surface area contributed by atoms with Crippen molar-refractivity contribution in [1.29, 1.82) is 0 Å². The largest absolute Gasteiger partial charge is 0.308 e. The van der Waals surface area contributed by atoms with Crippen LogP contribution in [0.1, 0.15) is 23.1 Å². The van der Waals surface area contributed by atoms with Crippen LogP contribution in [0.4, 0.5) is 0 Å². The lowest BCUT2D eigenvalue weighted by atomic mass is 9.93. The number of hydrogen-bond donors (Lipinski definition) is 0. The Morgan fingerprint density at radius 3 is 2.00 bits per heavy atom. The molecular weight excluding hydrogens is 482 g/mol. The van der Waals surface area contributed by atoms with Crippen LogP contribution < -0.4 is 0 Å². The molecule has 0 unspecified atom stereocenters. The topological polar surface area (TPSA) is 4.41 Å². The average Bonchev–Trinajstić information content (AvgIpc) is 3.49. The average molecular weight is 510 g/mol. The highest BCUT2D eigenvalue weighted by Crippen LogP contribution is 2.44. The predicted octanol–water partition coefficient (Wildman–Crippen LogP) is 10.6. The number of aryl methyl sites for hydroxylation is 2. The van der Waals surface area contributed by atoms with Gasteiger partial charge in [0.25, 0.3) is 0 Å². The van der Waals surface area contributed by atoms with E-state index >= 15 is 0 Å². The van der Waals surface area contributed by atoms with Gasteiger partial charge in [0.2, 0.25) is 0 Å². The molecule has 2 aromatic heterocycles. The van der Waals surface area contributed by atoms with Gasteiger partial charge in [0.05, 0.1) is 16.6 Å². The monoisotopic (exact) mass is 509 g/mol. The Morgan fingerprint density at radius 1 is 0.550 bits per heavy atom. The summed E-state index contributed by atoms with van der Waals surface area (Å²) in [5.41, 5.74) is 13.1. The van der Waals surface area contributed by atoms with Crippen molar-refractivity contribution in [2.45, 2.75) is 19.8 Å². The molecular formula is C39H27N. The number of hydrogen-bond acceptors (Lipinski definition) is 0. The summed E-state index contributed by atoms with van der Waals surface area (Å²) in [5, 5.41) is 7.93. The second-order valence-electron chi connectivity index (χ2n) is 11.4. The molecule has 0 spiro atoms. The van der Waals surface area contributed by atoms with Crippen molar-refractivity contribution in [3.63, 3.8) is 0 Å². The van der Waals surface area contributed by atoms with Crippen LogP contribution in [-0.2, 0) is 6.42 Å². The third-order valence-electron chi connectivity index (χ3n) is 8.91. The molecule has 40 heavy (non-hydrogen) atoms. The summed E-state index contributed by atoms with van der Waals surface area (Å²) in [5.74, 6) is 0. The standard InChI is InChI=1S/C39H27N/c1-24-15-30(25-9-3-2-4-10-25)17-31(16-24)32-20-35-33-18-26-11-5-7-13-28(26)22-37(33)40-38-23-29-14-8-6-12-27(29)19-34(38)36(21-32)39(35)40/h2-7,9-13,15-23H,8,14H2,1H3. The molecule has 6 aromatic carbocycles. The lowest BCUT2D eigenvalue weighted by Crippen LogP contribution is -1.94. The van der Waals surface area contributed by atoms with Crippen molar-refractivity contribution in [3.05, 3.63) is 132 Å². The first-order chi connectivity index (χ1) is 19.7. The van der Waals surface area contributed by atoms with E-state index in [0.29, 0.717) is 0 Å². The second-order valence-corrected chi connectivity index (χ2v) is 11.4. The zero-order chi connectivity index (χ0) is 26.4. The van der Waals surface area contributed by atoms with Gasteiger partial charge in [-0.1, -0.05) is 78.9 Å². The van der Waals surface area contributed by atoms with Gasteiger partial charge in [-0.05, 0) is 112 Å². The summed E-state index contributed by atoms with van der Waals surface area (Å²) in [4.78, 5) is 0. The molecule has 0 N–H and O–H groups in total. The Labute approximate surface area is 232 Å². The molecule has 0 saturated heterocycles. The Bertz CT molecular complexity index is 2310. The van der Waals surface area contributed by atoms with Crippen LogP contribution in [0.15, 0.2) is 115 Å².